The van der Waals surface area contributed by atoms with Crippen molar-refractivity contribution in [2.75, 3.05) is 19.3 Å². The van der Waals surface area contributed by atoms with Crippen molar-refractivity contribution in [2.24, 2.45) is 0 Å². The second kappa shape index (κ2) is 5.22. The summed E-state index contributed by atoms with van der Waals surface area (Å²) < 4.78 is 5.18. The molecule has 0 aromatic carbocycles. The van der Waals surface area contributed by atoms with Gasteiger partial charge in [0.05, 0.1) is 5.69 Å². The maximum atomic E-state index is 5.18. The largest absolute Gasteiger partial charge is 0.440 e. The van der Waals surface area contributed by atoms with Gasteiger partial charge in [0.2, 0.25) is 0 Å². The minimum atomic E-state index is 0.781. The predicted octanol–water partition coefficient (Wildman–Crippen LogP) is 1.68. The van der Waals surface area contributed by atoms with Crippen molar-refractivity contribution in [2.45, 2.75) is 18.6 Å². The van der Waals surface area contributed by atoms with Crippen LogP contribution in [0.1, 0.15) is 12.1 Å². The number of thioether (sulfide) groups is 1. The Bertz CT molecular complexity index is 225. The lowest BCUT2D eigenvalue weighted by atomic mass is 10.5. The molecule has 3 nitrogen and oxygen atoms in total. The molecule has 0 radical (unpaired) electrons. The van der Waals surface area contributed by atoms with E-state index in [2.05, 4.69) is 10.3 Å². The van der Waals surface area contributed by atoms with Crippen molar-refractivity contribution >= 4 is 11.8 Å². The number of hydrogen-bond acceptors (Lipinski definition) is 4. The van der Waals surface area contributed by atoms with Gasteiger partial charge in [0.1, 0.15) is 6.26 Å². The minimum absolute atomic E-state index is 0.781. The van der Waals surface area contributed by atoms with Crippen LogP contribution in [-0.2, 0) is 0 Å². The first kappa shape index (κ1) is 9.61. The third-order valence-electron chi connectivity index (χ3n) is 1.39. The van der Waals surface area contributed by atoms with Gasteiger partial charge in [-0.25, -0.2) is 4.98 Å². The average molecular weight is 186 g/mol. The molecule has 0 aliphatic heterocycles. The van der Waals surface area contributed by atoms with Crippen LogP contribution in [0.5, 0.6) is 0 Å². The Labute approximate surface area is 76.9 Å². The SMILES string of the molecule is CNCCCSc1nc(C)co1. The standard InChI is InChI=1S/C8H14N2OS/c1-7-6-11-8(10-7)12-5-3-4-9-2/h6,9H,3-5H2,1-2H3. The average Bonchev–Trinajstić information content (AvgIpc) is 2.45. The molecule has 0 bridgehead atoms. The van der Waals surface area contributed by atoms with Crippen molar-refractivity contribution in [3.63, 3.8) is 0 Å². The number of rotatable bonds is 5. The quantitative estimate of drug-likeness (QED) is 0.561. The first-order chi connectivity index (χ1) is 5.83. The zero-order chi connectivity index (χ0) is 8.81. The van der Waals surface area contributed by atoms with Gasteiger partial charge in [-0.1, -0.05) is 11.8 Å². The zero-order valence-corrected chi connectivity index (χ0v) is 8.28. The minimum Gasteiger partial charge on any atom is -0.440 e. The van der Waals surface area contributed by atoms with Crippen molar-refractivity contribution < 1.29 is 4.42 Å². The van der Waals surface area contributed by atoms with Crippen LogP contribution in [0.3, 0.4) is 0 Å². The van der Waals surface area contributed by atoms with Gasteiger partial charge >= 0.3 is 0 Å². The maximum Gasteiger partial charge on any atom is 0.255 e. The molecule has 0 saturated heterocycles. The fourth-order valence-electron chi connectivity index (χ4n) is 0.807. The van der Waals surface area contributed by atoms with E-state index >= 15 is 0 Å². The van der Waals surface area contributed by atoms with Crippen LogP contribution in [0.25, 0.3) is 0 Å². The lowest BCUT2D eigenvalue weighted by Gasteiger charge is -1.95. The summed E-state index contributed by atoms with van der Waals surface area (Å²) in [5.74, 6) is 1.06. The fourth-order valence-corrected chi connectivity index (χ4v) is 1.60. The summed E-state index contributed by atoms with van der Waals surface area (Å²) in [6.45, 7) is 2.98. The van der Waals surface area contributed by atoms with E-state index in [0.717, 1.165) is 29.6 Å². The summed E-state index contributed by atoms with van der Waals surface area (Å²) in [5.41, 5.74) is 0.950. The zero-order valence-electron chi connectivity index (χ0n) is 7.46. The molecule has 0 unspecified atom stereocenters. The summed E-state index contributed by atoms with van der Waals surface area (Å²) in [6.07, 6.45) is 2.82. The number of hydrogen-bond donors (Lipinski definition) is 1. The van der Waals surface area contributed by atoms with Gasteiger partial charge in [0, 0.05) is 5.75 Å². The molecule has 12 heavy (non-hydrogen) atoms. The van der Waals surface area contributed by atoms with E-state index in [1.54, 1.807) is 18.0 Å². The second-order valence-electron chi connectivity index (χ2n) is 2.56. The Hall–Kier alpha value is -0.480. The van der Waals surface area contributed by atoms with E-state index in [0.29, 0.717) is 0 Å². The highest BCUT2D eigenvalue weighted by atomic mass is 32.2. The number of oxazole rings is 1. The number of aryl methyl sites for hydroxylation is 1. The molecule has 1 rings (SSSR count). The Balaban J connectivity index is 2.15. The summed E-state index contributed by atoms with van der Waals surface area (Å²) in [4.78, 5) is 4.18. The topological polar surface area (TPSA) is 38.1 Å². The Kier molecular flexibility index (Phi) is 4.18. The van der Waals surface area contributed by atoms with Crippen molar-refractivity contribution in [1.82, 2.24) is 10.3 Å². The molecule has 0 atom stereocenters. The van der Waals surface area contributed by atoms with Crippen LogP contribution < -0.4 is 5.32 Å². The molecule has 0 amide bonds. The molecular formula is C8H14N2OS. The second-order valence-corrected chi connectivity index (χ2v) is 3.61. The molecule has 1 N–H and O–H groups in total. The molecule has 0 fully saturated rings. The third-order valence-corrected chi connectivity index (χ3v) is 2.32. The van der Waals surface area contributed by atoms with E-state index in [1.165, 1.54) is 0 Å². The van der Waals surface area contributed by atoms with Gasteiger partial charge < -0.3 is 9.73 Å². The molecule has 0 saturated carbocycles. The lowest BCUT2D eigenvalue weighted by Crippen LogP contribution is -2.07. The summed E-state index contributed by atoms with van der Waals surface area (Å²) in [6, 6.07) is 0. The van der Waals surface area contributed by atoms with E-state index in [-0.39, 0.29) is 0 Å². The highest BCUT2D eigenvalue weighted by Gasteiger charge is 1.99. The molecule has 0 spiro atoms. The van der Waals surface area contributed by atoms with Crippen LogP contribution in [0.15, 0.2) is 15.9 Å². The number of aromatic nitrogens is 1. The van der Waals surface area contributed by atoms with E-state index in [9.17, 15) is 0 Å². The number of nitrogens with one attached hydrogen (secondary N) is 1. The molecule has 0 aliphatic rings. The van der Waals surface area contributed by atoms with Crippen LogP contribution in [-0.4, -0.2) is 24.3 Å². The molecule has 0 aliphatic carbocycles. The molecular weight excluding hydrogens is 172 g/mol. The summed E-state index contributed by atoms with van der Waals surface area (Å²) in [7, 11) is 1.96. The Morgan fingerprint density at radius 2 is 2.50 bits per heavy atom. The van der Waals surface area contributed by atoms with Crippen LogP contribution in [0.2, 0.25) is 0 Å². The highest BCUT2D eigenvalue weighted by Crippen LogP contribution is 2.16. The lowest BCUT2D eigenvalue weighted by molar-refractivity contribution is 0.454. The first-order valence-electron chi connectivity index (χ1n) is 4.02. The van der Waals surface area contributed by atoms with Crippen molar-refractivity contribution in [1.29, 1.82) is 0 Å². The molecule has 68 valence electrons. The normalized spacial score (nSPS) is 10.5. The van der Waals surface area contributed by atoms with Gasteiger partial charge in [-0.2, -0.15) is 0 Å². The van der Waals surface area contributed by atoms with E-state index in [4.69, 9.17) is 4.42 Å². The van der Waals surface area contributed by atoms with Crippen LogP contribution in [0.4, 0.5) is 0 Å². The fraction of sp³-hybridized carbons (Fsp3) is 0.625. The smallest absolute Gasteiger partial charge is 0.255 e. The van der Waals surface area contributed by atoms with Gasteiger partial charge in [-0.3, -0.25) is 0 Å². The molecule has 4 heteroatoms. The van der Waals surface area contributed by atoms with E-state index < -0.39 is 0 Å². The molecule has 1 aromatic heterocycles. The van der Waals surface area contributed by atoms with Gasteiger partial charge in [0.25, 0.3) is 5.22 Å². The van der Waals surface area contributed by atoms with Crippen LogP contribution >= 0.6 is 11.8 Å². The number of nitrogens with zero attached hydrogens (tertiary/aromatic N) is 1. The van der Waals surface area contributed by atoms with Gasteiger partial charge in [-0.15, -0.1) is 0 Å². The predicted molar refractivity (Wildman–Crippen MR) is 50.5 cm³/mol. The Morgan fingerprint density at radius 1 is 1.67 bits per heavy atom. The maximum absolute atomic E-state index is 5.18. The highest BCUT2D eigenvalue weighted by molar-refractivity contribution is 7.99. The molecule has 1 aromatic rings. The summed E-state index contributed by atoms with van der Waals surface area (Å²) in [5, 5.41) is 3.88. The Morgan fingerprint density at radius 3 is 3.08 bits per heavy atom. The molecule has 1 heterocycles. The van der Waals surface area contributed by atoms with E-state index in [1.807, 2.05) is 14.0 Å². The third kappa shape index (κ3) is 3.28. The van der Waals surface area contributed by atoms with Gasteiger partial charge in [0.15, 0.2) is 0 Å². The van der Waals surface area contributed by atoms with Crippen LogP contribution in [0, 0.1) is 6.92 Å². The summed E-state index contributed by atoms with van der Waals surface area (Å²) >= 11 is 1.66. The monoisotopic (exact) mass is 186 g/mol. The van der Waals surface area contributed by atoms with Crippen molar-refractivity contribution in [3.8, 4) is 0 Å². The van der Waals surface area contributed by atoms with Crippen molar-refractivity contribution in [3.05, 3.63) is 12.0 Å². The first-order valence-corrected chi connectivity index (χ1v) is 5.01. The van der Waals surface area contributed by atoms with Gasteiger partial charge in [-0.05, 0) is 26.9 Å².